The van der Waals surface area contributed by atoms with E-state index in [2.05, 4.69) is 17.4 Å². The number of hydrogen-bond donors (Lipinski definition) is 1. The molecule has 0 saturated carbocycles. The van der Waals surface area contributed by atoms with E-state index in [1.54, 1.807) is 12.5 Å². The standard InChI is InChI=1S/C18H18N2O2S/c23-18(19-12-15-6-2-1-3-7-15)20(13-16-8-4-10-21-16)14-17-9-5-11-22-17/h1-11H,12-14H2,(H,19,23). The molecule has 0 aliphatic rings. The number of nitrogens with one attached hydrogen (secondary N) is 1. The van der Waals surface area contributed by atoms with Crippen molar-refractivity contribution in [2.75, 3.05) is 0 Å². The average Bonchev–Trinajstić information content (AvgIpc) is 3.27. The third-order valence-electron chi connectivity index (χ3n) is 3.43. The van der Waals surface area contributed by atoms with E-state index in [4.69, 9.17) is 21.1 Å². The molecule has 1 aromatic carbocycles. The highest BCUT2D eigenvalue weighted by Crippen LogP contribution is 2.12. The van der Waals surface area contributed by atoms with Crippen LogP contribution in [0.2, 0.25) is 0 Å². The first-order valence-corrected chi connectivity index (χ1v) is 7.83. The van der Waals surface area contributed by atoms with Gasteiger partial charge >= 0.3 is 0 Å². The van der Waals surface area contributed by atoms with Crippen molar-refractivity contribution in [2.45, 2.75) is 19.6 Å². The second-order valence-corrected chi connectivity index (χ2v) is 5.55. The van der Waals surface area contributed by atoms with Gasteiger partial charge in [-0.2, -0.15) is 0 Å². The highest BCUT2D eigenvalue weighted by Gasteiger charge is 2.14. The molecule has 0 amide bonds. The number of benzene rings is 1. The summed E-state index contributed by atoms with van der Waals surface area (Å²) < 4.78 is 10.9. The molecule has 0 saturated heterocycles. The molecule has 1 N–H and O–H groups in total. The average molecular weight is 326 g/mol. The summed E-state index contributed by atoms with van der Waals surface area (Å²) >= 11 is 5.55. The Morgan fingerprint density at radius 3 is 2.00 bits per heavy atom. The van der Waals surface area contributed by atoms with Gasteiger partial charge in [0.05, 0.1) is 25.6 Å². The number of rotatable bonds is 6. The summed E-state index contributed by atoms with van der Waals surface area (Å²) in [6.07, 6.45) is 3.34. The molecule has 3 rings (SSSR count). The second-order valence-electron chi connectivity index (χ2n) is 5.16. The molecule has 0 aliphatic heterocycles. The molecule has 5 heteroatoms. The molecule has 0 atom stereocenters. The zero-order chi connectivity index (χ0) is 15.9. The Kier molecular flexibility index (Phi) is 5.11. The maximum absolute atomic E-state index is 5.55. The van der Waals surface area contributed by atoms with E-state index < -0.39 is 0 Å². The molecular formula is C18H18N2O2S. The lowest BCUT2D eigenvalue weighted by Crippen LogP contribution is -2.38. The molecule has 4 nitrogen and oxygen atoms in total. The van der Waals surface area contributed by atoms with Crippen molar-refractivity contribution in [3.05, 3.63) is 84.2 Å². The van der Waals surface area contributed by atoms with E-state index in [0.717, 1.165) is 11.5 Å². The van der Waals surface area contributed by atoms with Crippen molar-refractivity contribution < 1.29 is 8.83 Å². The molecular weight excluding hydrogens is 308 g/mol. The van der Waals surface area contributed by atoms with Crippen LogP contribution in [0.5, 0.6) is 0 Å². The van der Waals surface area contributed by atoms with Crippen molar-refractivity contribution in [3.63, 3.8) is 0 Å². The van der Waals surface area contributed by atoms with Crippen molar-refractivity contribution in [1.82, 2.24) is 10.2 Å². The Morgan fingerprint density at radius 1 is 0.870 bits per heavy atom. The first kappa shape index (κ1) is 15.4. The van der Waals surface area contributed by atoms with Crippen molar-refractivity contribution in [1.29, 1.82) is 0 Å². The van der Waals surface area contributed by atoms with Gasteiger partial charge in [-0.1, -0.05) is 30.3 Å². The molecule has 2 aromatic heterocycles. The van der Waals surface area contributed by atoms with Crippen LogP contribution >= 0.6 is 12.2 Å². The third-order valence-corrected chi connectivity index (χ3v) is 3.83. The van der Waals surface area contributed by atoms with Gasteiger partial charge in [-0.05, 0) is 42.0 Å². The van der Waals surface area contributed by atoms with E-state index in [-0.39, 0.29) is 0 Å². The lowest BCUT2D eigenvalue weighted by atomic mass is 10.2. The van der Waals surface area contributed by atoms with Gasteiger partial charge in [0.2, 0.25) is 0 Å². The number of furan rings is 2. The van der Waals surface area contributed by atoms with Crippen LogP contribution < -0.4 is 5.32 Å². The van der Waals surface area contributed by atoms with Gasteiger partial charge in [0.1, 0.15) is 11.5 Å². The van der Waals surface area contributed by atoms with Crippen LogP contribution in [-0.4, -0.2) is 10.0 Å². The first-order valence-electron chi connectivity index (χ1n) is 7.43. The summed E-state index contributed by atoms with van der Waals surface area (Å²) in [7, 11) is 0. The van der Waals surface area contributed by atoms with Crippen LogP contribution in [0.15, 0.2) is 76.0 Å². The lowest BCUT2D eigenvalue weighted by Gasteiger charge is -2.24. The quantitative estimate of drug-likeness (QED) is 0.695. The molecule has 118 valence electrons. The maximum Gasteiger partial charge on any atom is 0.170 e. The number of hydrogen-bond acceptors (Lipinski definition) is 3. The SMILES string of the molecule is S=C(NCc1ccccc1)N(Cc1ccco1)Cc1ccco1. The second kappa shape index (κ2) is 7.65. The lowest BCUT2D eigenvalue weighted by molar-refractivity contribution is 0.321. The Balaban J connectivity index is 1.65. The highest BCUT2D eigenvalue weighted by atomic mass is 32.1. The molecule has 2 heterocycles. The Morgan fingerprint density at radius 2 is 1.48 bits per heavy atom. The van der Waals surface area contributed by atoms with E-state index in [9.17, 15) is 0 Å². The normalized spacial score (nSPS) is 10.4. The van der Waals surface area contributed by atoms with E-state index in [1.807, 2.05) is 47.4 Å². The summed E-state index contributed by atoms with van der Waals surface area (Å²) in [6.45, 7) is 1.87. The monoisotopic (exact) mass is 326 g/mol. The minimum Gasteiger partial charge on any atom is -0.467 e. The van der Waals surface area contributed by atoms with E-state index in [0.29, 0.717) is 24.7 Å². The van der Waals surface area contributed by atoms with Gasteiger partial charge in [-0.3, -0.25) is 0 Å². The fourth-order valence-corrected chi connectivity index (χ4v) is 2.47. The van der Waals surface area contributed by atoms with E-state index >= 15 is 0 Å². The maximum atomic E-state index is 5.55. The molecule has 0 bridgehead atoms. The zero-order valence-electron chi connectivity index (χ0n) is 12.6. The van der Waals surface area contributed by atoms with Gasteiger partial charge in [-0.15, -0.1) is 0 Å². The molecule has 0 unspecified atom stereocenters. The summed E-state index contributed by atoms with van der Waals surface area (Å²) in [5.74, 6) is 1.72. The van der Waals surface area contributed by atoms with Gasteiger partial charge in [0.25, 0.3) is 0 Å². The third kappa shape index (κ3) is 4.47. The largest absolute Gasteiger partial charge is 0.467 e. The summed E-state index contributed by atoms with van der Waals surface area (Å²) in [6, 6.07) is 17.8. The van der Waals surface area contributed by atoms with Gasteiger partial charge in [0.15, 0.2) is 5.11 Å². The van der Waals surface area contributed by atoms with Crippen LogP contribution in [0.3, 0.4) is 0 Å². The number of thiocarbonyl (C=S) groups is 1. The zero-order valence-corrected chi connectivity index (χ0v) is 13.5. The van der Waals surface area contributed by atoms with E-state index in [1.165, 1.54) is 5.56 Å². The Hall–Kier alpha value is -2.53. The van der Waals surface area contributed by atoms with Crippen LogP contribution in [0.4, 0.5) is 0 Å². The molecule has 0 fully saturated rings. The Labute approximate surface area is 140 Å². The first-order chi connectivity index (χ1) is 11.3. The van der Waals surface area contributed by atoms with Gasteiger partial charge in [0, 0.05) is 6.54 Å². The predicted octanol–water partition coefficient (Wildman–Crippen LogP) is 3.95. The van der Waals surface area contributed by atoms with Crippen LogP contribution in [-0.2, 0) is 19.6 Å². The molecule has 3 aromatic rings. The minimum absolute atomic E-state index is 0.592. The fourth-order valence-electron chi connectivity index (χ4n) is 2.27. The number of nitrogens with zero attached hydrogens (tertiary/aromatic N) is 1. The Bertz CT molecular complexity index is 673. The van der Waals surface area contributed by atoms with Crippen molar-refractivity contribution in [3.8, 4) is 0 Å². The van der Waals surface area contributed by atoms with Crippen molar-refractivity contribution in [2.24, 2.45) is 0 Å². The predicted molar refractivity (Wildman–Crippen MR) is 92.5 cm³/mol. The minimum atomic E-state index is 0.592. The van der Waals surface area contributed by atoms with Crippen LogP contribution in [0.1, 0.15) is 17.1 Å². The molecule has 0 spiro atoms. The summed E-state index contributed by atoms with van der Waals surface area (Å²) in [4.78, 5) is 2.02. The summed E-state index contributed by atoms with van der Waals surface area (Å²) in [5, 5.41) is 3.97. The molecule has 0 radical (unpaired) electrons. The summed E-state index contributed by atoms with van der Waals surface area (Å²) in [5.41, 5.74) is 1.19. The highest BCUT2D eigenvalue weighted by molar-refractivity contribution is 7.80. The van der Waals surface area contributed by atoms with Gasteiger partial charge in [-0.25, -0.2) is 0 Å². The van der Waals surface area contributed by atoms with Crippen molar-refractivity contribution >= 4 is 17.3 Å². The topological polar surface area (TPSA) is 41.5 Å². The molecule has 23 heavy (non-hydrogen) atoms. The van der Waals surface area contributed by atoms with Crippen LogP contribution in [0, 0.1) is 0 Å². The van der Waals surface area contributed by atoms with Crippen LogP contribution in [0.25, 0.3) is 0 Å². The molecule has 0 aliphatic carbocycles. The van der Waals surface area contributed by atoms with Gasteiger partial charge < -0.3 is 19.1 Å². The fraction of sp³-hybridized carbons (Fsp3) is 0.167. The smallest absolute Gasteiger partial charge is 0.170 e.